The van der Waals surface area contributed by atoms with Crippen LogP contribution in [-0.2, 0) is 71.3 Å². The molecule has 16 heteroatoms. The van der Waals surface area contributed by atoms with Gasteiger partial charge in [-0.15, -0.1) is 0 Å². The first kappa shape index (κ1) is 70.3. The fourth-order valence-electron chi connectivity index (χ4n) is 18.8. The van der Waals surface area contributed by atoms with Crippen LogP contribution in [0.3, 0.4) is 0 Å². The molecular formula is C73H112O16. The Morgan fingerprint density at radius 3 is 1.24 bits per heavy atom. The van der Waals surface area contributed by atoms with Crippen LogP contribution >= 0.6 is 0 Å². The number of ether oxygens (including phenoxy) is 10. The van der Waals surface area contributed by atoms with Crippen molar-refractivity contribution in [3.05, 3.63) is 48.6 Å². The molecule has 89 heavy (non-hydrogen) atoms. The van der Waals surface area contributed by atoms with Crippen molar-refractivity contribution >= 4 is 36.0 Å². The molecule has 16 nitrogen and oxygen atoms in total. The highest BCUT2D eigenvalue weighted by molar-refractivity contribution is 5.88. The highest BCUT2D eigenvalue weighted by atomic mass is 16.7. The Balaban J connectivity index is 0.000000159. The molecule has 14 aliphatic carbocycles. The van der Waals surface area contributed by atoms with Crippen LogP contribution in [0.1, 0.15) is 269 Å². The van der Waals surface area contributed by atoms with Crippen molar-refractivity contribution in [3.63, 3.8) is 0 Å². The minimum absolute atomic E-state index is 0.147. The molecular weight excluding hydrogens is 1130 g/mol. The molecule has 0 aromatic rings. The molecule has 0 N–H and O–H groups in total. The average Bonchev–Trinajstić information content (AvgIpc) is 1.23. The summed E-state index contributed by atoms with van der Waals surface area (Å²) in [5, 5.41) is 0. The maximum absolute atomic E-state index is 13.0. The number of esters is 5. The van der Waals surface area contributed by atoms with Gasteiger partial charge in [-0.3, -0.25) is 0 Å². The zero-order valence-corrected chi connectivity index (χ0v) is 56.5. The van der Waals surface area contributed by atoms with Crippen LogP contribution in [0.4, 0.5) is 4.79 Å². The number of rotatable bonds is 20. The van der Waals surface area contributed by atoms with Gasteiger partial charge in [-0.1, -0.05) is 53.0 Å². The zero-order chi connectivity index (χ0) is 65.0. The first-order valence-electron chi connectivity index (χ1n) is 34.3. The summed E-state index contributed by atoms with van der Waals surface area (Å²) in [6, 6.07) is 0. The molecule has 14 fully saturated rings. The fourth-order valence-corrected chi connectivity index (χ4v) is 18.8. The minimum Gasteiger partial charge on any atom is -0.457 e. The standard InChI is InChI=1S/C25H38O5.C19H28O5.C19H30O4.C10H16O2/c1-5-23(9-7-6-8-10-23)30-22(27)18(4)28-24-12-19-11-20(13-24)15-25(14-19,16-24)29-21(26)17(2)3;1-12(2)15(20)22-18-7-13-6-14(8-18)10-19(9-13,11-18)24-16(21)23-17(3,4)5;1-4-5-6-21-13-22-18-8-15-7-16(9-18)11-19(10-15,12-18)23-17(20)14(2)3;1-8(2)9(11)12-10(3)6-4-5-7-10/h18-20H,2,5-16H2,1,3-4H3;13-14H,1,6-11H2,2-5H3;15-16H,2,4-13H2,1,3H3;1,4-7H2,2-3H3. The van der Waals surface area contributed by atoms with Crippen molar-refractivity contribution in [3.8, 4) is 0 Å². The molecule has 0 aromatic carbocycles. The van der Waals surface area contributed by atoms with E-state index in [9.17, 15) is 28.8 Å². The number of unbranched alkanes of at least 4 members (excludes halogenated alkanes) is 1. The Labute approximate surface area is 532 Å². The number of carbonyl (C=O) groups is 6. The summed E-state index contributed by atoms with van der Waals surface area (Å²) < 4.78 is 58.7. The highest BCUT2D eigenvalue weighted by Gasteiger charge is 2.64. The van der Waals surface area contributed by atoms with Crippen LogP contribution in [0.25, 0.3) is 0 Å². The second kappa shape index (κ2) is 28.0. The molecule has 0 aromatic heterocycles. The monoisotopic (exact) mass is 1240 g/mol. The lowest BCUT2D eigenvalue weighted by molar-refractivity contribution is -0.253. The molecule has 500 valence electrons. The average molecular weight is 1250 g/mol. The van der Waals surface area contributed by atoms with Gasteiger partial charge in [0, 0.05) is 48.2 Å². The quantitative estimate of drug-likeness (QED) is 0.0367. The summed E-state index contributed by atoms with van der Waals surface area (Å²) in [4.78, 5) is 72.9. The van der Waals surface area contributed by atoms with Crippen molar-refractivity contribution in [2.24, 2.45) is 35.5 Å². The molecule has 14 rings (SSSR count). The molecule has 0 heterocycles. The van der Waals surface area contributed by atoms with Crippen LogP contribution in [0.5, 0.6) is 0 Å². The summed E-state index contributed by atoms with van der Waals surface area (Å²) in [5.41, 5.74) is -1.67. The molecule has 0 radical (unpaired) electrons. The van der Waals surface area contributed by atoms with Gasteiger partial charge in [0.05, 0.1) is 11.2 Å². The van der Waals surface area contributed by atoms with E-state index in [-0.39, 0.29) is 57.9 Å². The molecule has 0 aliphatic heterocycles. The zero-order valence-electron chi connectivity index (χ0n) is 56.5. The molecule has 12 bridgehead atoms. The predicted octanol–water partition coefficient (Wildman–Crippen LogP) is 15.8. The lowest BCUT2D eigenvalue weighted by atomic mass is 9.52. The van der Waals surface area contributed by atoms with Gasteiger partial charge in [-0.2, -0.15) is 0 Å². The SMILES string of the molecule is C=C(C)C(=O)OC1(C)CCCC1.C=C(C)C(=O)OC12CC3CC(C1)CC(OC(C)C(=O)OC1(CC)CCCCC1)(C3)C2.C=C(C)C(=O)OC12CC3CC(CC(OC(=O)OC(C)(C)C)(C3)C1)C2.C=C(C)C(=O)OC12CC3CC(CC(OCOCCCC)(C3)C1)C2. The Bertz CT molecular complexity index is 2580. The third kappa shape index (κ3) is 18.0. The lowest BCUT2D eigenvalue weighted by Crippen LogP contribution is -2.62. The second-order valence-corrected chi connectivity index (χ2v) is 31.7. The van der Waals surface area contributed by atoms with Crippen molar-refractivity contribution in [1.82, 2.24) is 0 Å². The van der Waals surface area contributed by atoms with Gasteiger partial charge in [0.1, 0.15) is 46.0 Å². The molecule has 14 aliphatic rings. The normalized spacial score (nSPS) is 35.1. The van der Waals surface area contributed by atoms with E-state index < -0.39 is 34.7 Å². The Morgan fingerprint density at radius 1 is 0.483 bits per heavy atom. The van der Waals surface area contributed by atoms with Gasteiger partial charge in [-0.25, -0.2) is 28.8 Å². The van der Waals surface area contributed by atoms with Gasteiger partial charge in [-0.05, 0) is 258 Å². The Morgan fingerprint density at radius 2 is 0.843 bits per heavy atom. The van der Waals surface area contributed by atoms with E-state index >= 15 is 0 Å². The smallest absolute Gasteiger partial charge is 0.457 e. The molecule has 7 atom stereocenters. The second-order valence-electron chi connectivity index (χ2n) is 31.7. The molecule has 7 unspecified atom stereocenters. The van der Waals surface area contributed by atoms with Crippen molar-refractivity contribution < 1.29 is 76.1 Å². The van der Waals surface area contributed by atoms with Crippen LogP contribution in [-0.4, -0.2) is 106 Å². The Kier molecular flexibility index (Phi) is 22.1. The van der Waals surface area contributed by atoms with E-state index in [2.05, 4.69) is 40.2 Å². The third-order valence-electron chi connectivity index (χ3n) is 21.4. The maximum atomic E-state index is 13.0. The number of carbonyl (C=O) groups excluding carboxylic acids is 6. The van der Waals surface area contributed by atoms with Gasteiger partial charge in [0.2, 0.25) is 0 Å². The van der Waals surface area contributed by atoms with Crippen LogP contribution in [0.2, 0.25) is 0 Å². The summed E-state index contributed by atoms with van der Waals surface area (Å²) >= 11 is 0. The van der Waals surface area contributed by atoms with Crippen molar-refractivity contribution in [1.29, 1.82) is 0 Å². The number of hydrogen-bond acceptors (Lipinski definition) is 16. The van der Waals surface area contributed by atoms with E-state index in [0.717, 1.165) is 154 Å². The predicted molar refractivity (Wildman–Crippen MR) is 338 cm³/mol. The fraction of sp³-hybridized carbons (Fsp3) is 0.808. The van der Waals surface area contributed by atoms with Crippen LogP contribution in [0, 0.1) is 35.5 Å². The van der Waals surface area contributed by atoms with Gasteiger partial charge < -0.3 is 47.4 Å². The summed E-state index contributed by atoms with van der Waals surface area (Å²) in [6.45, 7) is 36.2. The minimum atomic E-state index is -0.620. The van der Waals surface area contributed by atoms with E-state index in [1.165, 1.54) is 32.1 Å². The van der Waals surface area contributed by atoms with Crippen LogP contribution < -0.4 is 0 Å². The van der Waals surface area contributed by atoms with E-state index in [0.29, 0.717) is 77.4 Å². The third-order valence-corrected chi connectivity index (χ3v) is 21.4. The van der Waals surface area contributed by atoms with Gasteiger partial charge >= 0.3 is 36.0 Å². The number of hydrogen-bond donors (Lipinski definition) is 0. The Hall–Kier alpha value is -4.54. The molecule has 0 spiro atoms. The summed E-state index contributed by atoms with van der Waals surface area (Å²) in [6.07, 6.45) is 28.5. The first-order valence-corrected chi connectivity index (χ1v) is 34.3. The topological polar surface area (TPSA) is 195 Å². The molecule has 0 amide bonds. The maximum Gasteiger partial charge on any atom is 0.509 e. The molecule has 0 saturated heterocycles. The van der Waals surface area contributed by atoms with Crippen LogP contribution in [0.15, 0.2) is 48.6 Å². The molecule has 14 saturated carbocycles. The van der Waals surface area contributed by atoms with E-state index in [4.69, 9.17) is 47.4 Å². The van der Waals surface area contributed by atoms with E-state index in [1.807, 2.05) is 34.6 Å². The first-order chi connectivity index (χ1) is 41.7. The van der Waals surface area contributed by atoms with Gasteiger partial charge in [0.15, 0.2) is 6.10 Å². The van der Waals surface area contributed by atoms with E-state index in [1.54, 1.807) is 27.7 Å². The lowest BCUT2D eigenvalue weighted by Gasteiger charge is -2.61. The van der Waals surface area contributed by atoms with Crippen molar-refractivity contribution in [2.45, 2.75) is 325 Å². The highest BCUT2D eigenvalue weighted by Crippen LogP contribution is 2.63. The van der Waals surface area contributed by atoms with Gasteiger partial charge in [0.25, 0.3) is 0 Å². The van der Waals surface area contributed by atoms with Crippen molar-refractivity contribution in [2.75, 3.05) is 13.4 Å². The largest absolute Gasteiger partial charge is 0.509 e. The summed E-state index contributed by atoms with van der Waals surface area (Å²) in [5.74, 6) is 1.71. The summed E-state index contributed by atoms with van der Waals surface area (Å²) in [7, 11) is 0.